The Bertz CT molecular complexity index is 1010. The van der Waals surface area contributed by atoms with Crippen molar-refractivity contribution in [3.63, 3.8) is 0 Å². The first-order chi connectivity index (χ1) is 14.4. The first-order valence-electron chi connectivity index (χ1n) is 10.0. The molecule has 1 atom stereocenters. The number of sulfonamides is 1. The van der Waals surface area contributed by atoms with Crippen molar-refractivity contribution >= 4 is 16.1 Å². The number of hydrogen-bond donors (Lipinski definition) is 1. The summed E-state index contributed by atoms with van der Waals surface area (Å²) in [5.74, 6) is 0. The summed E-state index contributed by atoms with van der Waals surface area (Å²) in [6.45, 7) is 3.00. The fourth-order valence-electron chi connectivity index (χ4n) is 3.46. The molecule has 2 amide bonds. The van der Waals surface area contributed by atoms with Crippen LogP contribution < -0.4 is 5.32 Å². The van der Waals surface area contributed by atoms with Crippen LogP contribution in [-0.4, -0.2) is 55.9 Å². The van der Waals surface area contributed by atoms with Crippen LogP contribution in [0.15, 0.2) is 59.5 Å². The van der Waals surface area contributed by atoms with Crippen LogP contribution >= 0.6 is 0 Å². The monoisotopic (exact) mass is 426 g/mol. The number of aryl methyl sites for hydroxylation is 1. The molecule has 0 bridgehead atoms. The van der Waals surface area contributed by atoms with Gasteiger partial charge in [-0.25, -0.2) is 13.2 Å². The van der Waals surface area contributed by atoms with E-state index in [1.54, 1.807) is 17.0 Å². The van der Waals surface area contributed by atoms with Crippen molar-refractivity contribution in [2.75, 3.05) is 26.2 Å². The lowest BCUT2D eigenvalue weighted by Gasteiger charge is -2.34. The topological polar surface area (TPSA) is 93.5 Å². The number of nitrogens with zero attached hydrogens (tertiary/aromatic N) is 3. The number of carbonyl (C=O) groups excluding carboxylic acids is 1. The Hall–Kier alpha value is -2.89. The van der Waals surface area contributed by atoms with Gasteiger partial charge in [0.25, 0.3) is 0 Å². The van der Waals surface area contributed by atoms with E-state index in [0.29, 0.717) is 13.1 Å². The van der Waals surface area contributed by atoms with Crippen molar-refractivity contribution in [2.45, 2.75) is 30.7 Å². The molecular weight excluding hydrogens is 400 g/mol. The van der Waals surface area contributed by atoms with Gasteiger partial charge < -0.3 is 10.2 Å². The third kappa shape index (κ3) is 5.17. The average molecular weight is 427 g/mol. The highest BCUT2D eigenvalue weighted by atomic mass is 32.2. The van der Waals surface area contributed by atoms with Crippen LogP contribution in [0.5, 0.6) is 0 Å². The highest BCUT2D eigenvalue weighted by Gasteiger charge is 2.31. The fraction of sp³-hybridized carbons (Fsp3) is 0.364. The molecule has 158 valence electrons. The summed E-state index contributed by atoms with van der Waals surface area (Å²) in [5.41, 5.74) is 1.36. The Morgan fingerprint density at radius 3 is 2.37 bits per heavy atom. The van der Waals surface area contributed by atoms with Crippen LogP contribution in [0.2, 0.25) is 0 Å². The molecule has 0 radical (unpaired) electrons. The summed E-state index contributed by atoms with van der Waals surface area (Å²) in [7, 11) is -3.76. The van der Waals surface area contributed by atoms with E-state index in [9.17, 15) is 18.5 Å². The lowest BCUT2D eigenvalue weighted by atomic mass is 10.1. The summed E-state index contributed by atoms with van der Waals surface area (Å²) in [5, 5.41) is 12.2. The molecule has 0 spiro atoms. The van der Waals surface area contributed by atoms with Gasteiger partial charge in [0.2, 0.25) is 10.0 Å². The van der Waals surface area contributed by atoms with E-state index in [0.717, 1.165) is 12.8 Å². The average Bonchev–Trinajstić information content (AvgIpc) is 2.78. The Morgan fingerprint density at radius 1 is 1.07 bits per heavy atom. The van der Waals surface area contributed by atoms with E-state index in [-0.39, 0.29) is 35.6 Å². The smallest absolute Gasteiger partial charge is 0.317 e. The van der Waals surface area contributed by atoms with Crippen LogP contribution in [0.3, 0.4) is 0 Å². The Kier molecular flexibility index (Phi) is 7.08. The quantitative estimate of drug-likeness (QED) is 0.768. The predicted octanol–water partition coefficient (Wildman–Crippen LogP) is 2.60. The van der Waals surface area contributed by atoms with Gasteiger partial charge in [-0.15, -0.1) is 0 Å². The molecule has 1 N–H and O–H groups in total. The van der Waals surface area contributed by atoms with Gasteiger partial charge in [0.05, 0.1) is 10.5 Å². The van der Waals surface area contributed by atoms with Crippen LogP contribution in [0.4, 0.5) is 4.79 Å². The molecule has 0 unspecified atom stereocenters. The molecule has 1 aliphatic rings. The molecule has 30 heavy (non-hydrogen) atoms. The van der Waals surface area contributed by atoms with Crippen LogP contribution in [0.25, 0.3) is 0 Å². The Labute approximate surface area is 178 Å². The molecular formula is C22H26N4O3S. The fourth-order valence-corrected chi connectivity index (χ4v) is 5.02. The van der Waals surface area contributed by atoms with Crippen LogP contribution in [0.1, 0.15) is 24.5 Å². The minimum absolute atomic E-state index is 0.0138. The Morgan fingerprint density at radius 2 is 1.70 bits per heavy atom. The lowest BCUT2D eigenvalue weighted by molar-refractivity contribution is 0.169. The van der Waals surface area contributed by atoms with Gasteiger partial charge in [-0.2, -0.15) is 9.57 Å². The number of rotatable bonds is 6. The van der Waals surface area contributed by atoms with Gasteiger partial charge in [-0.05, 0) is 37.5 Å². The molecule has 0 saturated carbocycles. The van der Waals surface area contributed by atoms with Gasteiger partial charge in [-0.1, -0.05) is 42.5 Å². The maximum atomic E-state index is 12.9. The zero-order valence-corrected chi connectivity index (χ0v) is 17.8. The second-order valence-electron chi connectivity index (χ2n) is 7.37. The number of carbonyl (C=O) groups is 1. The molecule has 1 saturated heterocycles. The van der Waals surface area contributed by atoms with Crippen LogP contribution in [0, 0.1) is 11.3 Å². The zero-order valence-electron chi connectivity index (χ0n) is 17.0. The number of piperazine rings is 1. The highest BCUT2D eigenvalue weighted by Crippen LogP contribution is 2.21. The first-order valence-corrected chi connectivity index (χ1v) is 11.4. The number of nitriles is 1. The Balaban J connectivity index is 1.52. The maximum Gasteiger partial charge on any atom is 0.317 e. The number of hydrogen-bond acceptors (Lipinski definition) is 4. The van der Waals surface area contributed by atoms with E-state index in [2.05, 4.69) is 17.4 Å². The first kappa shape index (κ1) is 21.8. The van der Waals surface area contributed by atoms with Crippen LogP contribution in [-0.2, 0) is 16.4 Å². The molecule has 1 heterocycles. The van der Waals surface area contributed by atoms with Crippen molar-refractivity contribution in [1.29, 1.82) is 5.26 Å². The molecule has 1 aliphatic heterocycles. The number of nitrogens with one attached hydrogen (secondary N) is 1. The predicted molar refractivity (Wildman–Crippen MR) is 114 cm³/mol. The highest BCUT2D eigenvalue weighted by molar-refractivity contribution is 7.89. The molecule has 2 aromatic rings. The minimum Gasteiger partial charge on any atom is -0.336 e. The summed E-state index contributed by atoms with van der Waals surface area (Å²) in [6, 6.07) is 18.1. The second kappa shape index (κ2) is 9.74. The SMILES string of the molecule is C[C@H](CCc1ccccc1)NC(=O)N1CCN(S(=O)(=O)c2ccccc2C#N)CC1. The third-order valence-corrected chi connectivity index (χ3v) is 7.19. The van der Waals surface area contributed by atoms with Crippen molar-refractivity contribution in [2.24, 2.45) is 0 Å². The van der Waals surface area contributed by atoms with Gasteiger partial charge in [0, 0.05) is 32.2 Å². The molecule has 1 fully saturated rings. The number of urea groups is 1. The zero-order chi connectivity index (χ0) is 21.6. The largest absolute Gasteiger partial charge is 0.336 e. The molecule has 3 rings (SSSR count). The normalized spacial score (nSPS) is 15.9. The minimum atomic E-state index is -3.76. The summed E-state index contributed by atoms with van der Waals surface area (Å²) < 4.78 is 27.1. The molecule has 2 aromatic carbocycles. The molecule has 0 aromatic heterocycles. The van der Waals surface area contributed by atoms with Crippen molar-refractivity contribution < 1.29 is 13.2 Å². The summed E-state index contributed by atoms with van der Waals surface area (Å²) >= 11 is 0. The maximum absolute atomic E-state index is 12.9. The van der Waals surface area contributed by atoms with E-state index in [4.69, 9.17) is 0 Å². The summed E-state index contributed by atoms with van der Waals surface area (Å²) in [6.07, 6.45) is 1.71. The number of amides is 2. The number of benzene rings is 2. The van der Waals surface area contributed by atoms with E-state index >= 15 is 0 Å². The molecule has 8 heteroatoms. The van der Waals surface area contributed by atoms with Gasteiger partial charge in [-0.3, -0.25) is 0 Å². The van der Waals surface area contributed by atoms with Gasteiger partial charge in [0.15, 0.2) is 0 Å². The van der Waals surface area contributed by atoms with Gasteiger partial charge >= 0.3 is 6.03 Å². The third-order valence-electron chi connectivity index (χ3n) is 5.23. The van der Waals surface area contributed by atoms with E-state index in [1.807, 2.05) is 31.2 Å². The lowest BCUT2D eigenvalue weighted by Crippen LogP contribution is -2.54. The van der Waals surface area contributed by atoms with Crippen molar-refractivity contribution in [3.05, 3.63) is 65.7 Å². The molecule has 0 aliphatic carbocycles. The van der Waals surface area contributed by atoms with Crippen molar-refractivity contribution in [3.8, 4) is 6.07 Å². The summed E-state index contributed by atoms with van der Waals surface area (Å²) in [4.78, 5) is 14.2. The second-order valence-corrected chi connectivity index (χ2v) is 9.28. The molecule has 7 nitrogen and oxygen atoms in total. The van der Waals surface area contributed by atoms with Gasteiger partial charge in [0.1, 0.15) is 6.07 Å². The van der Waals surface area contributed by atoms with E-state index < -0.39 is 10.0 Å². The standard InChI is InChI=1S/C22H26N4O3S/c1-18(11-12-19-7-3-2-4-8-19)24-22(27)25-13-15-26(16-14-25)30(28,29)21-10-6-5-9-20(21)17-23/h2-10,18H,11-16H2,1H3,(H,24,27)/t18-/m1/s1. The van der Waals surface area contributed by atoms with E-state index in [1.165, 1.54) is 22.0 Å². The van der Waals surface area contributed by atoms with Crippen molar-refractivity contribution in [1.82, 2.24) is 14.5 Å².